The smallest absolute Gasteiger partial charge is 0.311 e. The Labute approximate surface area is 116 Å². The first-order chi connectivity index (χ1) is 9.33. The second-order valence-corrected chi connectivity index (χ2v) is 5.40. The van der Waals surface area contributed by atoms with Gasteiger partial charge < -0.3 is 20.2 Å². The summed E-state index contributed by atoms with van der Waals surface area (Å²) >= 11 is 0. The molecule has 1 saturated heterocycles. The van der Waals surface area contributed by atoms with E-state index < -0.39 is 17.3 Å². The van der Waals surface area contributed by atoms with Crippen LogP contribution in [0.1, 0.15) is 30.1 Å². The highest BCUT2D eigenvalue weighted by Crippen LogP contribution is 2.32. The molecule has 1 aliphatic rings. The number of phenols is 2. The number of likely N-dealkylation sites (tertiary alicyclic amines) is 1. The highest BCUT2D eigenvalue weighted by atomic mass is 16.4. The van der Waals surface area contributed by atoms with Crippen LogP contribution in [0.4, 0.5) is 0 Å². The van der Waals surface area contributed by atoms with Crippen LogP contribution in [0.5, 0.6) is 11.5 Å². The quantitative estimate of drug-likeness (QED) is 0.760. The molecule has 0 aromatic heterocycles. The second kappa shape index (κ2) is 5.03. The summed E-state index contributed by atoms with van der Waals surface area (Å²) < 4.78 is 0. The van der Waals surface area contributed by atoms with Gasteiger partial charge in [0, 0.05) is 19.2 Å². The molecule has 1 amide bonds. The molecule has 0 aliphatic carbocycles. The first-order valence-electron chi connectivity index (χ1n) is 6.38. The van der Waals surface area contributed by atoms with E-state index in [0.29, 0.717) is 19.4 Å². The van der Waals surface area contributed by atoms with Crippen LogP contribution in [0.3, 0.4) is 0 Å². The summed E-state index contributed by atoms with van der Waals surface area (Å²) in [6.45, 7) is 2.19. The molecule has 1 atom stereocenters. The van der Waals surface area contributed by atoms with Crippen molar-refractivity contribution in [2.24, 2.45) is 5.41 Å². The monoisotopic (exact) mass is 279 g/mol. The van der Waals surface area contributed by atoms with Crippen molar-refractivity contribution in [3.8, 4) is 11.5 Å². The zero-order valence-corrected chi connectivity index (χ0v) is 11.2. The molecule has 0 radical (unpaired) electrons. The lowest BCUT2D eigenvalue weighted by Crippen LogP contribution is -2.48. The Bertz CT molecular complexity index is 556. The van der Waals surface area contributed by atoms with Gasteiger partial charge in [-0.1, -0.05) is 0 Å². The van der Waals surface area contributed by atoms with E-state index in [-0.39, 0.29) is 23.6 Å². The number of hydrogen-bond acceptors (Lipinski definition) is 4. The number of benzene rings is 1. The Morgan fingerprint density at radius 3 is 2.60 bits per heavy atom. The van der Waals surface area contributed by atoms with Crippen LogP contribution in [0, 0.1) is 5.41 Å². The van der Waals surface area contributed by atoms with Crippen molar-refractivity contribution in [1.82, 2.24) is 4.90 Å². The van der Waals surface area contributed by atoms with Gasteiger partial charge in [-0.05, 0) is 31.9 Å². The van der Waals surface area contributed by atoms with Crippen LogP contribution in [0.2, 0.25) is 0 Å². The van der Waals surface area contributed by atoms with Gasteiger partial charge in [0.1, 0.15) is 11.5 Å². The van der Waals surface area contributed by atoms with Crippen LogP contribution in [0.25, 0.3) is 0 Å². The second-order valence-electron chi connectivity index (χ2n) is 5.40. The normalized spacial score (nSPS) is 22.6. The maximum atomic E-state index is 12.3. The first kappa shape index (κ1) is 14.2. The standard InChI is InChI=1S/C14H17NO5/c1-14(13(19)20)5-2-6-15(8-14)12(18)10-4-3-9(16)7-11(10)17/h3-4,7,16-17H,2,5-6,8H2,1H3,(H,19,20). The molecule has 0 bridgehead atoms. The lowest BCUT2D eigenvalue weighted by Gasteiger charge is -2.37. The van der Waals surface area contributed by atoms with Crippen molar-refractivity contribution in [2.75, 3.05) is 13.1 Å². The summed E-state index contributed by atoms with van der Waals surface area (Å²) in [7, 11) is 0. The predicted molar refractivity (Wildman–Crippen MR) is 70.7 cm³/mol. The number of phenolic OH excluding ortho intramolecular Hbond substituents is 2. The molecule has 1 fully saturated rings. The molecular weight excluding hydrogens is 262 g/mol. The molecule has 20 heavy (non-hydrogen) atoms. The van der Waals surface area contributed by atoms with Crippen molar-refractivity contribution >= 4 is 11.9 Å². The molecule has 1 unspecified atom stereocenters. The molecule has 0 spiro atoms. The fourth-order valence-electron chi connectivity index (χ4n) is 2.46. The molecule has 3 N–H and O–H groups in total. The predicted octanol–water partition coefficient (Wildman–Crippen LogP) is 1.42. The van der Waals surface area contributed by atoms with Gasteiger partial charge in [0.15, 0.2) is 0 Å². The molecule has 6 nitrogen and oxygen atoms in total. The summed E-state index contributed by atoms with van der Waals surface area (Å²) in [6.07, 6.45) is 1.13. The molecule has 0 saturated carbocycles. The van der Waals surface area contributed by atoms with Crippen molar-refractivity contribution in [1.29, 1.82) is 0 Å². The van der Waals surface area contributed by atoms with E-state index in [9.17, 15) is 24.9 Å². The molecule has 1 aromatic rings. The Balaban J connectivity index is 2.23. The van der Waals surface area contributed by atoms with Crippen LogP contribution >= 0.6 is 0 Å². The Morgan fingerprint density at radius 2 is 2.00 bits per heavy atom. The number of carboxylic acids is 1. The Kier molecular flexibility index (Phi) is 3.57. The third-order valence-corrected chi connectivity index (χ3v) is 3.71. The van der Waals surface area contributed by atoms with E-state index in [2.05, 4.69) is 0 Å². The van der Waals surface area contributed by atoms with Crippen LogP contribution in [-0.4, -0.2) is 45.2 Å². The average Bonchev–Trinajstić information content (AvgIpc) is 2.38. The van der Waals surface area contributed by atoms with Crippen molar-refractivity contribution in [3.63, 3.8) is 0 Å². The highest BCUT2D eigenvalue weighted by Gasteiger charge is 2.39. The van der Waals surface area contributed by atoms with Gasteiger partial charge in [0.05, 0.1) is 11.0 Å². The minimum atomic E-state index is -0.958. The number of amides is 1. The number of piperidine rings is 1. The SMILES string of the molecule is CC1(C(=O)O)CCCN(C(=O)c2ccc(O)cc2O)C1. The van der Waals surface area contributed by atoms with Gasteiger partial charge >= 0.3 is 5.97 Å². The summed E-state index contributed by atoms with van der Waals surface area (Å²) in [6, 6.07) is 3.74. The van der Waals surface area contributed by atoms with Gasteiger partial charge in [0.25, 0.3) is 5.91 Å². The fourth-order valence-corrected chi connectivity index (χ4v) is 2.46. The lowest BCUT2D eigenvalue weighted by atomic mass is 9.82. The summed E-state index contributed by atoms with van der Waals surface area (Å²) in [5.41, 5.74) is -0.891. The summed E-state index contributed by atoms with van der Waals surface area (Å²) in [5, 5.41) is 28.2. The minimum Gasteiger partial charge on any atom is -0.508 e. The van der Waals surface area contributed by atoms with Crippen LogP contribution < -0.4 is 0 Å². The average molecular weight is 279 g/mol. The van der Waals surface area contributed by atoms with Gasteiger partial charge in [-0.3, -0.25) is 9.59 Å². The number of aliphatic carboxylic acids is 1. The summed E-state index contributed by atoms with van der Waals surface area (Å²) in [5.74, 6) is -1.79. The van der Waals surface area contributed by atoms with E-state index >= 15 is 0 Å². The number of carbonyl (C=O) groups is 2. The van der Waals surface area contributed by atoms with Crippen LogP contribution in [0.15, 0.2) is 18.2 Å². The number of nitrogens with zero attached hydrogens (tertiary/aromatic N) is 1. The van der Waals surface area contributed by atoms with Crippen molar-refractivity contribution in [2.45, 2.75) is 19.8 Å². The maximum Gasteiger partial charge on any atom is 0.311 e. The third-order valence-electron chi connectivity index (χ3n) is 3.71. The van der Waals surface area contributed by atoms with E-state index in [1.807, 2.05) is 0 Å². The Hall–Kier alpha value is -2.24. The molecule has 6 heteroatoms. The number of aromatic hydroxyl groups is 2. The molecule has 108 valence electrons. The first-order valence-corrected chi connectivity index (χ1v) is 6.38. The van der Waals surface area contributed by atoms with E-state index in [4.69, 9.17) is 0 Å². The number of hydrogen-bond donors (Lipinski definition) is 3. The van der Waals surface area contributed by atoms with Gasteiger partial charge in [-0.2, -0.15) is 0 Å². The molecule has 1 aliphatic heterocycles. The van der Waals surface area contributed by atoms with E-state index in [1.54, 1.807) is 6.92 Å². The largest absolute Gasteiger partial charge is 0.508 e. The number of carboxylic acid groups (broad SMARTS) is 1. The van der Waals surface area contributed by atoms with Gasteiger partial charge in [-0.25, -0.2) is 0 Å². The number of carbonyl (C=O) groups excluding carboxylic acids is 1. The molecule has 1 aromatic carbocycles. The molecule has 1 heterocycles. The van der Waals surface area contributed by atoms with Crippen molar-refractivity contribution in [3.05, 3.63) is 23.8 Å². The maximum absolute atomic E-state index is 12.3. The zero-order chi connectivity index (χ0) is 14.9. The molecular formula is C14H17NO5. The lowest BCUT2D eigenvalue weighted by molar-refractivity contribution is -0.150. The van der Waals surface area contributed by atoms with Crippen LogP contribution in [-0.2, 0) is 4.79 Å². The zero-order valence-electron chi connectivity index (χ0n) is 11.2. The third kappa shape index (κ3) is 2.54. The fraction of sp³-hybridized carbons (Fsp3) is 0.429. The van der Waals surface area contributed by atoms with Gasteiger partial charge in [-0.15, -0.1) is 0 Å². The topological polar surface area (TPSA) is 98.1 Å². The summed E-state index contributed by atoms with van der Waals surface area (Å²) in [4.78, 5) is 25.0. The van der Waals surface area contributed by atoms with Crippen molar-refractivity contribution < 1.29 is 24.9 Å². The molecule has 2 rings (SSSR count). The highest BCUT2D eigenvalue weighted by molar-refractivity contribution is 5.97. The number of rotatable bonds is 2. The van der Waals surface area contributed by atoms with E-state index in [0.717, 1.165) is 6.07 Å². The van der Waals surface area contributed by atoms with E-state index in [1.165, 1.54) is 17.0 Å². The minimum absolute atomic E-state index is 0.0671. The van der Waals surface area contributed by atoms with Gasteiger partial charge in [0.2, 0.25) is 0 Å². The Morgan fingerprint density at radius 1 is 1.30 bits per heavy atom.